The normalized spacial score (nSPS) is 15.2. The minimum atomic E-state index is -4.66. The smallest absolute Gasteiger partial charge is 0.359 e. The number of alkyl halides is 3. The van der Waals surface area contributed by atoms with Crippen LogP contribution in [-0.2, 0) is 43.2 Å². The highest BCUT2D eigenvalue weighted by molar-refractivity contribution is 6.07. The highest BCUT2D eigenvalue weighted by Gasteiger charge is 2.35. The second kappa shape index (κ2) is 32.7. The maximum Gasteiger partial charge on any atom is 0.416 e. The summed E-state index contributed by atoms with van der Waals surface area (Å²) >= 11 is 0. The SMILES string of the molecule is Cc1ccc(C(=O)Nc2cc(C(F)(F)F)ccn2)cc1NC1=C2N=C(NCc3ccccc3)N=CC2N(Cc2ccc(C(=O)Nc3cc(C(C)(C)C)on3)cc2NC2=C3N=C(NCc4ccccc4)N=CC3N(Cc3ccc(C(=O)Nc4cccc(C(C)(C)C#N)c4)cc3Nc3ncnc4cnc(NCC(C)C)nc34)C=N2)C=N1. The summed E-state index contributed by atoms with van der Waals surface area (Å²) in [7, 11) is 0. The molecule has 28 nitrogen and oxygen atoms in total. The third kappa shape index (κ3) is 18.1. The Hall–Kier alpha value is -14.3. The molecule has 8 heterocycles. The molecule has 4 aliphatic heterocycles. The largest absolute Gasteiger partial charge is 0.416 e. The van der Waals surface area contributed by atoms with E-state index in [0.717, 1.165) is 35.0 Å². The number of nitrogens with one attached hydrogen (secondary N) is 9. The fourth-order valence-corrected chi connectivity index (χ4v) is 12.4. The molecule has 0 spiro atoms. The summed E-state index contributed by atoms with van der Waals surface area (Å²) in [6.45, 7) is 17.1. The van der Waals surface area contributed by atoms with E-state index in [1.165, 1.54) is 6.33 Å². The standard InChI is InChI=1S/C83H79F3N24O4/c1-48(2)36-89-78-92-39-63-69(105-78)72(96-45-95-63)101-61-31-53(75(111)99-59-21-15-20-57(33-59)82(7,8)44-87)24-26-55(61)42-110-47-98-74(71-65(110)41-94-80(107-71)91-38-51-18-13-10-14-19-51)102-62-32-54(77(113)104-68-35-66(114-108-68)81(4,5)6)25-27-56(62)43-109-46-97-73(70-64(109)40-93-79(106-70)90-37-50-16-11-9-12-17-50)100-60-30-52(23-22-49(60)3)76(112)103-67-34-58(28-29-88-67)83(84,85)86/h9-35,39-41,45-48,64-65,100,102H,36-38,42-43H2,1-8H3,(H,90,106)(H,91,107)(H,99,111)(H,88,103,112)(H,89,92,105)(H,95,96,101)(H,104,108,113). The van der Waals surface area contributed by atoms with E-state index in [-0.39, 0.29) is 47.8 Å². The Bertz CT molecular complexity index is 5660. The molecule has 4 aromatic heterocycles. The second-order valence-corrected chi connectivity index (χ2v) is 29.3. The summed E-state index contributed by atoms with van der Waals surface area (Å²) in [5.74, 6) is 1.05. The van der Waals surface area contributed by atoms with Gasteiger partial charge in [-0.1, -0.05) is 131 Å². The van der Waals surface area contributed by atoms with E-state index in [1.807, 2.05) is 130 Å². The van der Waals surface area contributed by atoms with E-state index in [4.69, 9.17) is 39.5 Å². The van der Waals surface area contributed by atoms with Gasteiger partial charge in [0, 0.05) is 102 Å². The maximum atomic E-state index is 14.6. The third-order valence-corrected chi connectivity index (χ3v) is 18.8. The van der Waals surface area contributed by atoms with Crippen LogP contribution in [0.15, 0.2) is 234 Å². The van der Waals surface area contributed by atoms with Crippen LogP contribution >= 0.6 is 0 Å². The van der Waals surface area contributed by atoms with Gasteiger partial charge in [-0.15, -0.1) is 0 Å². The van der Waals surface area contributed by atoms with Crippen molar-refractivity contribution in [1.29, 1.82) is 5.26 Å². The zero-order valence-electron chi connectivity index (χ0n) is 63.3. The molecular weight excluding hydrogens is 1450 g/mol. The number of benzene rings is 6. The molecule has 0 bridgehead atoms. The van der Waals surface area contributed by atoms with E-state index in [2.05, 4.69) is 92.9 Å². The van der Waals surface area contributed by atoms with Gasteiger partial charge in [0.1, 0.15) is 52.4 Å². The number of amides is 3. The zero-order chi connectivity index (χ0) is 79.8. The number of carbonyl (C=O) groups excluding carboxylic acids is 3. The number of nitrogens with zero attached hydrogens (tertiary/aromatic N) is 15. The molecule has 2 unspecified atom stereocenters. The lowest BCUT2D eigenvalue weighted by molar-refractivity contribution is -0.137. The van der Waals surface area contributed by atoms with Crippen molar-refractivity contribution < 1.29 is 32.1 Å². The van der Waals surface area contributed by atoms with Crippen LogP contribution < -0.4 is 47.9 Å². The van der Waals surface area contributed by atoms with E-state index in [1.54, 1.807) is 98.0 Å². The number of rotatable bonds is 24. The fourth-order valence-electron chi connectivity index (χ4n) is 12.4. The number of aryl methyl sites for hydroxylation is 1. The minimum Gasteiger partial charge on any atom is -0.359 e. The van der Waals surface area contributed by atoms with Gasteiger partial charge in [0.05, 0.1) is 35.9 Å². The highest BCUT2D eigenvalue weighted by Crippen LogP contribution is 2.37. The summed E-state index contributed by atoms with van der Waals surface area (Å²) in [5.41, 5.74) is 6.76. The molecule has 0 radical (unpaired) electrons. The zero-order valence-corrected chi connectivity index (χ0v) is 63.3. The lowest BCUT2D eigenvalue weighted by Gasteiger charge is -2.35. The van der Waals surface area contributed by atoms with Crippen molar-refractivity contribution in [2.75, 3.05) is 43.8 Å². The Morgan fingerprint density at radius 2 is 1.15 bits per heavy atom. The first kappa shape index (κ1) is 76.5. The maximum absolute atomic E-state index is 14.6. The first-order chi connectivity index (χ1) is 54.8. The first-order valence-corrected chi connectivity index (χ1v) is 36.6. The average molecular weight is 1530 g/mol. The minimum absolute atomic E-state index is 0.107. The van der Waals surface area contributed by atoms with Gasteiger partial charge in [-0.3, -0.25) is 14.4 Å². The van der Waals surface area contributed by atoms with E-state index in [0.29, 0.717) is 122 Å². The van der Waals surface area contributed by atoms with Crippen LogP contribution in [0.5, 0.6) is 0 Å². The quantitative estimate of drug-likeness (QED) is 0.0271. The molecule has 3 amide bonds. The van der Waals surface area contributed by atoms with Crippen molar-refractivity contribution in [1.82, 2.24) is 50.5 Å². The van der Waals surface area contributed by atoms with E-state index >= 15 is 0 Å². The molecule has 0 saturated heterocycles. The van der Waals surface area contributed by atoms with Gasteiger partial charge in [-0.05, 0) is 121 Å². The summed E-state index contributed by atoms with van der Waals surface area (Å²) in [4.78, 5) is 99.4. The van der Waals surface area contributed by atoms with Crippen molar-refractivity contribution in [3.63, 3.8) is 0 Å². The number of fused-ring (bicyclic) bond motifs is 3. The number of hydrogen-bond acceptors (Lipinski definition) is 25. The topological polar surface area (TPSA) is 354 Å². The summed E-state index contributed by atoms with van der Waals surface area (Å²) in [5, 5.41) is 43.2. The van der Waals surface area contributed by atoms with Crippen molar-refractivity contribution in [3.05, 3.63) is 261 Å². The number of pyridine rings is 1. The molecule has 2 atom stereocenters. The lowest BCUT2D eigenvalue weighted by Crippen LogP contribution is -2.43. The number of carbonyl (C=O) groups is 3. The molecular formula is C83H79F3N24O4. The highest BCUT2D eigenvalue weighted by atomic mass is 19.4. The Balaban J connectivity index is 0.819. The van der Waals surface area contributed by atoms with E-state index in [9.17, 15) is 32.8 Å². The van der Waals surface area contributed by atoms with Gasteiger partial charge < -0.3 is 62.2 Å². The number of aromatic nitrogens is 6. The Morgan fingerprint density at radius 1 is 0.579 bits per heavy atom. The number of aliphatic imine (C=N–C) groups is 6. The van der Waals surface area contributed by atoms with E-state index < -0.39 is 52.4 Å². The summed E-state index contributed by atoms with van der Waals surface area (Å²) in [6, 6.07) is 46.2. The predicted molar refractivity (Wildman–Crippen MR) is 435 cm³/mol. The van der Waals surface area contributed by atoms with Crippen molar-refractivity contribution in [2.24, 2.45) is 35.9 Å². The van der Waals surface area contributed by atoms with Crippen LogP contribution in [0.25, 0.3) is 11.0 Å². The van der Waals surface area contributed by atoms with Crippen molar-refractivity contribution in [2.45, 2.75) is 111 Å². The van der Waals surface area contributed by atoms with Gasteiger partial charge >= 0.3 is 6.18 Å². The number of guanidine groups is 2. The fraction of sp³-hybridized carbons (Fsp3) is 0.229. The van der Waals surface area contributed by atoms with Crippen molar-refractivity contribution in [3.8, 4) is 6.07 Å². The van der Waals surface area contributed by atoms with Gasteiger partial charge in [-0.2, -0.15) is 18.4 Å². The molecule has 0 aliphatic carbocycles. The molecule has 10 aromatic rings. The van der Waals surface area contributed by atoms with Crippen LogP contribution in [-0.4, -0.2) is 113 Å². The van der Waals surface area contributed by atoms with Gasteiger partial charge in [0.2, 0.25) is 17.9 Å². The first-order valence-electron chi connectivity index (χ1n) is 36.6. The van der Waals surface area contributed by atoms with Crippen LogP contribution in [0.2, 0.25) is 0 Å². The van der Waals surface area contributed by atoms with Gasteiger partial charge in [0.25, 0.3) is 17.7 Å². The van der Waals surface area contributed by atoms with Gasteiger partial charge in [-0.25, -0.2) is 54.9 Å². The molecule has 14 rings (SSSR count). The molecule has 4 aliphatic rings. The third-order valence-electron chi connectivity index (χ3n) is 18.8. The molecule has 6 aromatic carbocycles. The molecule has 0 fully saturated rings. The second-order valence-electron chi connectivity index (χ2n) is 29.3. The van der Waals surface area contributed by atoms with Crippen molar-refractivity contribution >= 4 is 112 Å². The summed E-state index contributed by atoms with van der Waals surface area (Å²) in [6.07, 6.45) is 6.17. The number of hydrogen-bond donors (Lipinski definition) is 9. The molecule has 576 valence electrons. The number of halogens is 3. The van der Waals surface area contributed by atoms with Crippen LogP contribution in [0.1, 0.15) is 124 Å². The summed E-state index contributed by atoms with van der Waals surface area (Å²) < 4.78 is 46.8. The average Bonchev–Trinajstić information content (AvgIpc) is 0.825. The predicted octanol–water partition coefficient (Wildman–Crippen LogP) is 14.2. The molecule has 114 heavy (non-hydrogen) atoms. The lowest BCUT2D eigenvalue weighted by atomic mass is 9.86. The van der Waals surface area contributed by atoms with Gasteiger partial charge in [0.15, 0.2) is 23.3 Å². The van der Waals surface area contributed by atoms with Crippen LogP contribution in [0.3, 0.4) is 0 Å². The molecule has 31 heteroatoms. The number of nitriles is 1. The van der Waals surface area contributed by atoms with Crippen LogP contribution in [0, 0.1) is 24.2 Å². The Morgan fingerprint density at radius 3 is 1.73 bits per heavy atom. The Kier molecular flexibility index (Phi) is 21.9. The molecule has 0 saturated carbocycles. The molecule has 9 N–H and O–H groups in total. The Labute approximate surface area is 653 Å². The van der Waals surface area contributed by atoms with Crippen LogP contribution in [0.4, 0.5) is 59.3 Å². The monoisotopic (exact) mass is 1530 g/mol. The number of anilines is 8.